The Morgan fingerprint density at radius 3 is 2.73 bits per heavy atom. The van der Waals surface area contributed by atoms with Crippen LogP contribution in [0, 0.1) is 0 Å². The number of hydrogen-bond donors (Lipinski definition) is 2. The summed E-state index contributed by atoms with van der Waals surface area (Å²) in [4.78, 5) is 18.2. The highest BCUT2D eigenvalue weighted by atomic mass is 16.5. The first-order chi connectivity index (χ1) is 12.6. The third-order valence-corrected chi connectivity index (χ3v) is 4.27. The van der Waals surface area contributed by atoms with E-state index in [9.17, 15) is 9.90 Å². The van der Waals surface area contributed by atoms with Gasteiger partial charge in [-0.2, -0.15) is 5.10 Å². The predicted octanol–water partition coefficient (Wildman–Crippen LogP) is 1.77. The van der Waals surface area contributed by atoms with Crippen molar-refractivity contribution in [1.29, 1.82) is 0 Å². The van der Waals surface area contributed by atoms with Crippen LogP contribution in [0.3, 0.4) is 0 Å². The van der Waals surface area contributed by atoms with Gasteiger partial charge in [0.05, 0.1) is 18.9 Å². The molecule has 0 aliphatic carbocycles. The predicted molar refractivity (Wildman–Crippen MR) is 98.1 cm³/mol. The van der Waals surface area contributed by atoms with Crippen molar-refractivity contribution in [2.24, 2.45) is 5.10 Å². The van der Waals surface area contributed by atoms with Gasteiger partial charge in [-0.3, -0.25) is 14.7 Å². The van der Waals surface area contributed by atoms with E-state index in [0.717, 1.165) is 18.7 Å². The van der Waals surface area contributed by atoms with E-state index in [-0.39, 0.29) is 11.7 Å². The Hall–Kier alpha value is -2.77. The number of hydrazone groups is 1. The number of nitrogens with zero attached hydrogens (tertiary/aromatic N) is 3. The number of phenols is 1. The number of benzene rings is 1. The Morgan fingerprint density at radius 1 is 1.27 bits per heavy atom. The molecule has 1 aromatic carbocycles. The fraction of sp³-hybridized carbons (Fsp3) is 0.316. The van der Waals surface area contributed by atoms with Crippen LogP contribution in [0.2, 0.25) is 0 Å². The van der Waals surface area contributed by atoms with Crippen molar-refractivity contribution >= 4 is 11.6 Å². The molecule has 1 aliphatic heterocycles. The largest absolute Gasteiger partial charge is 0.507 e. The summed E-state index contributed by atoms with van der Waals surface area (Å²) >= 11 is 0. The van der Waals surface area contributed by atoms with Crippen LogP contribution in [0.15, 0.2) is 47.8 Å². The van der Waals surface area contributed by atoms with E-state index in [4.69, 9.17) is 4.74 Å². The number of morpholine rings is 1. The summed E-state index contributed by atoms with van der Waals surface area (Å²) in [5.41, 5.74) is 4.95. The van der Waals surface area contributed by atoms with Gasteiger partial charge in [0.15, 0.2) is 0 Å². The van der Waals surface area contributed by atoms with Crippen molar-refractivity contribution in [2.45, 2.75) is 13.5 Å². The maximum atomic E-state index is 12.1. The second-order valence-corrected chi connectivity index (χ2v) is 6.08. The maximum absolute atomic E-state index is 12.1. The smallest absolute Gasteiger partial charge is 0.271 e. The number of carbonyl (C=O) groups excluding carboxylic acids is 1. The number of nitrogens with one attached hydrogen (secondary N) is 1. The molecular weight excluding hydrogens is 332 g/mol. The van der Waals surface area contributed by atoms with E-state index < -0.39 is 0 Å². The van der Waals surface area contributed by atoms with E-state index in [2.05, 4.69) is 20.4 Å². The lowest BCUT2D eigenvalue weighted by molar-refractivity contribution is 0.0339. The van der Waals surface area contributed by atoms with Gasteiger partial charge in [0.1, 0.15) is 5.75 Å². The molecule has 1 aromatic heterocycles. The second kappa shape index (κ2) is 8.55. The third-order valence-electron chi connectivity index (χ3n) is 4.27. The van der Waals surface area contributed by atoms with E-state index in [1.807, 2.05) is 12.1 Å². The van der Waals surface area contributed by atoms with E-state index >= 15 is 0 Å². The van der Waals surface area contributed by atoms with Gasteiger partial charge in [-0.15, -0.1) is 0 Å². The number of para-hydroxylation sites is 1. The van der Waals surface area contributed by atoms with E-state index in [1.54, 1.807) is 37.5 Å². The van der Waals surface area contributed by atoms with Gasteiger partial charge in [-0.05, 0) is 25.1 Å². The Bertz CT molecular complexity index is 787. The summed E-state index contributed by atoms with van der Waals surface area (Å²) in [5.74, 6) is -0.130. The van der Waals surface area contributed by atoms with Crippen molar-refractivity contribution in [3.8, 4) is 5.75 Å². The molecule has 0 atom stereocenters. The number of amides is 1. The number of aromatic nitrogens is 1. The Balaban J connectivity index is 1.71. The standard InChI is InChI=1S/C19H22N4O3/c1-14(21-22-19(25)15-5-7-20-8-6-15)17-4-2-3-16(18(17)24)13-23-9-11-26-12-10-23/h2-8,24H,9-13H2,1H3,(H,22,25)/b21-14-. The fourth-order valence-corrected chi connectivity index (χ4v) is 2.77. The third kappa shape index (κ3) is 4.44. The summed E-state index contributed by atoms with van der Waals surface area (Å²) in [6, 6.07) is 8.79. The Kier molecular flexibility index (Phi) is 5.93. The molecule has 0 spiro atoms. The molecule has 0 radical (unpaired) electrons. The van der Waals surface area contributed by atoms with E-state index in [1.165, 1.54) is 0 Å². The molecule has 1 saturated heterocycles. The highest BCUT2D eigenvalue weighted by molar-refractivity contribution is 6.02. The Labute approximate surface area is 152 Å². The molecule has 2 N–H and O–H groups in total. The van der Waals surface area contributed by atoms with Crippen molar-refractivity contribution < 1.29 is 14.6 Å². The molecule has 0 bridgehead atoms. The number of phenolic OH excluding ortho intramolecular Hbond substituents is 1. The number of aromatic hydroxyl groups is 1. The van der Waals surface area contributed by atoms with Crippen LogP contribution in [0.5, 0.6) is 5.75 Å². The first-order valence-corrected chi connectivity index (χ1v) is 8.51. The molecular formula is C19H22N4O3. The summed E-state index contributed by atoms with van der Waals surface area (Å²) in [6.07, 6.45) is 3.10. The molecule has 7 heteroatoms. The van der Waals surface area contributed by atoms with Crippen molar-refractivity contribution in [2.75, 3.05) is 26.3 Å². The van der Waals surface area contributed by atoms with Gasteiger partial charge in [-0.25, -0.2) is 5.43 Å². The van der Waals surface area contributed by atoms with Crippen LogP contribution >= 0.6 is 0 Å². The summed E-state index contributed by atoms with van der Waals surface area (Å²) in [7, 11) is 0. The molecule has 26 heavy (non-hydrogen) atoms. The lowest BCUT2D eigenvalue weighted by atomic mass is 10.0. The van der Waals surface area contributed by atoms with Crippen LogP contribution in [-0.4, -0.2) is 52.9 Å². The van der Waals surface area contributed by atoms with Crippen LogP contribution in [0.1, 0.15) is 28.4 Å². The van der Waals surface area contributed by atoms with Gasteiger partial charge < -0.3 is 9.84 Å². The lowest BCUT2D eigenvalue weighted by Gasteiger charge is -2.27. The minimum absolute atomic E-state index is 0.193. The number of carbonyl (C=O) groups is 1. The minimum Gasteiger partial charge on any atom is -0.507 e. The molecule has 136 valence electrons. The quantitative estimate of drug-likeness (QED) is 0.631. The van der Waals surface area contributed by atoms with Gasteiger partial charge in [-0.1, -0.05) is 12.1 Å². The number of ether oxygens (including phenoxy) is 1. The summed E-state index contributed by atoms with van der Waals surface area (Å²) in [6.45, 7) is 5.52. The zero-order chi connectivity index (χ0) is 18.4. The first-order valence-electron chi connectivity index (χ1n) is 8.51. The topological polar surface area (TPSA) is 87.1 Å². The number of hydrogen-bond acceptors (Lipinski definition) is 6. The Morgan fingerprint density at radius 2 is 2.00 bits per heavy atom. The van der Waals surface area contributed by atoms with Crippen LogP contribution < -0.4 is 5.43 Å². The normalized spacial score (nSPS) is 15.7. The average molecular weight is 354 g/mol. The molecule has 2 heterocycles. The fourth-order valence-electron chi connectivity index (χ4n) is 2.77. The molecule has 3 rings (SSSR count). The molecule has 2 aromatic rings. The lowest BCUT2D eigenvalue weighted by Crippen LogP contribution is -2.35. The first kappa shape index (κ1) is 18.0. The molecule has 0 unspecified atom stereocenters. The van der Waals surface area contributed by atoms with E-state index in [0.29, 0.717) is 36.6 Å². The molecule has 0 saturated carbocycles. The summed E-state index contributed by atoms with van der Waals surface area (Å²) in [5, 5.41) is 14.7. The monoisotopic (exact) mass is 354 g/mol. The van der Waals surface area contributed by atoms with Crippen molar-refractivity contribution in [1.82, 2.24) is 15.3 Å². The minimum atomic E-state index is -0.323. The van der Waals surface area contributed by atoms with Gasteiger partial charge in [0, 0.05) is 48.7 Å². The van der Waals surface area contributed by atoms with Gasteiger partial charge in [0.25, 0.3) is 5.91 Å². The molecule has 1 amide bonds. The zero-order valence-corrected chi connectivity index (χ0v) is 14.7. The van der Waals surface area contributed by atoms with Crippen LogP contribution in [0.4, 0.5) is 0 Å². The van der Waals surface area contributed by atoms with Crippen molar-refractivity contribution in [3.05, 3.63) is 59.4 Å². The SMILES string of the molecule is C/C(=N/NC(=O)c1ccncc1)c1cccc(CN2CCOCC2)c1O. The average Bonchev–Trinajstić information content (AvgIpc) is 2.69. The van der Waals surface area contributed by atoms with Crippen LogP contribution in [-0.2, 0) is 11.3 Å². The van der Waals surface area contributed by atoms with Gasteiger partial charge >= 0.3 is 0 Å². The highest BCUT2D eigenvalue weighted by Gasteiger charge is 2.15. The van der Waals surface area contributed by atoms with Crippen LogP contribution in [0.25, 0.3) is 0 Å². The number of pyridine rings is 1. The highest BCUT2D eigenvalue weighted by Crippen LogP contribution is 2.24. The molecule has 1 fully saturated rings. The number of rotatable bonds is 5. The molecule has 7 nitrogen and oxygen atoms in total. The second-order valence-electron chi connectivity index (χ2n) is 6.08. The maximum Gasteiger partial charge on any atom is 0.271 e. The van der Waals surface area contributed by atoms with Crippen molar-refractivity contribution in [3.63, 3.8) is 0 Å². The summed E-state index contributed by atoms with van der Waals surface area (Å²) < 4.78 is 5.35. The molecule has 1 aliphatic rings. The zero-order valence-electron chi connectivity index (χ0n) is 14.7. The van der Waals surface area contributed by atoms with Gasteiger partial charge in [0.2, 0.25) is 0 Å².